The second-order valence-corrected chi connectivity index (χ2v) is 33.1. The van der Waals surface area contributed by atoms with Gasteiger partial charge in [-0.1, -0.05) is 186 Å². The Hall–Kier alpha value is -2.51. The zero-order valence-electron chi connectivity index (χ0n) is 69.7. The molecule has 0 aromatic rings. The van der Waals surface area contributed by atoms with E-state index in [1.807, 2.05) is 6.92 Å². The van der Waals surface area contributed by atoms with Crippen molar-refractivity contribution in [3.05, 3.63) is 0 Å². The molecule has 6 saturated heterocycles. The summed E-state index contributed by atoms with van der Waals surface area (Å²) in [6.45, 7) is 0.888. The number of methoxy groups -OCH3 is 3. The number of ketones is 1. The number of carbonyl (C=O) groups is 3. The number of hydrogen-bond donors (Lipinski definition) is 15. The number of aliphatic hydroxyl groups excluding tert-OH is 15. The molecule has 6 aliphatic heterocycles. The van der Waals surface area contributed by atoms with Crippen LogP contribution in [0.3, 0.4) is 0 Å². The van der Waals surface area contributed by atoms with Crippen molar-refractivity contribution >= 4 is 17.7 Å². The topological polar surface area (TPSA) is 493 Å². The Morgan fingerprint density at radius 1 is 0.345 bits per heavy atom. The third kappa shape index (κ3) is 34.9. The Balaban J connectivity index is 0.872. The quantitative estimate of drug-likeness (QED) is 0.0300. The monoisotopic (exact) mass is 1680 g/mol. The second kappa shape index (κ2) is 57.1. The van der Waals surface area contributed by atoms with Gasteiger partial charge < -0.3 is 152 Å². The van der Waals surface area contributed by atoms with Crippen LogP contribution in [0.15, 0.2) is 0 Å². The molecule has 6 heterocycles. The molecule has 0 aromatic heterocycles. The van der Waals surface area contributed by atoms with Gasteiger partial charge in [0, 0.05) is 27.8 Å². The first-order valence-electron chi connectivity index (χ1n) is 43.8. The predicted molar refractivity (Wildman–Crippen MR) is 416 cm³/mol. The summed E-state index contributed by atoms with van der Waals surface area (Å²) in [6.07, 6.45) is -3.53. The zero-order chi connectivity index (χ0) is 84.5. The molecule has 30 atom stereocenters. The Kier molecular flexibility index (Phi) is 50.3. The summed E-state index contributed by atoms with van der Waals surface area (Å²) in [7, 11) is 4.21. The van der Waals surface area contributed by atoms with Crippen LogP contribution in [0.2, 0.25) is 0 Å². The molecule has 33 nitrogen and oxygen atoms in total. The molecule has 6 aliphatic rings. The van der Waals surface area contributed by atoms with Gasteiger partial charge in [-0.05, 0) is 65.2 Å². The van der Waals surface area contributed by atoms with Gasteiger partial charge in [-0.3, -0.25) is 9.59 Å². The van der Waals surface area contributed by atoms with Crippen molar-refractivity contribution in [1.82, 2.24) is 0 Å². The first kappa shape index (κ1) is 102. The summed E-state index contributed by atoms with van der Waals surface area (Å²) in [5, 5.41) is 159. The number of carbonyl (C=O) groups excluding carboxylic acids is 3. The molecule has 6 rings (SSSR count). The molecule has 15 N–H and O–H groups in total. The fourth-order valence-corrected chi connectivity index (χ4v) is 16.4. The lowest BCUT2D eigenvalue weighted by Crippen LogP contribution is -2.60. The van der Waals surface area contributed by atoms with Crippen LogP contribution < -0.4 is 0 Å². The Labute approximate surface area is 686 Å². The third-order valence-corrected chi connectivity index (χ3v) is 23.7. The highest BCUT2D eigenvalue weighted by molar-refractivity contribution is 5.75. The van der Waals surface area contributed by atoms with E-state index in [-0.39, 0.29) is 36.9 Å². The van der Waals surface area contributed by atoms with Crippen LogP contribution in [0.25, 0.3) is 0 Å². The lowest BCUT2D eigenvalue weighted by Gasteiger charge is -2.42. The minimum absolute atomic E-state index is 0.153. The molecule has 680 valence electrons. The van der Waals surface area contributed by atoms with E-state index in [0.717, 1.165) is 199 Å². The summed E-state index contributed by atoms with van der Waals surface area (Å²) in [5.41, 5.74) is 0. The number of rotatable bonds is 54. The molecule has 0 amide bonds. The summed E-state index contributed by atoms with van der Waals surface area (Å²) < 4.78 is 88.2. The Morgan fingerprint density at radius 2 is 0.629 bits per heavy atom. The van der Waals surface area contributed by atoms with E-state index in [9.17, 15) is 91.0 Å². The van der Waals surface area contributed by atoms with Crippen molar-refractivity contribution in [3.8, 4) is 0 Å². The number of esters is 2. The largest absolute Gasteiger partial charge is 0.463 e. The van der Waals surface area contributed by atoms with E-state index in [2.05, 4.69) is 0 Å². The average molecular weight is 1680 g/mol. The number of ether oxygens (including phenoxy) is 15. The Bertz CT molecular complexity index is 2570. The van der Waals surface area contributed by atoms with Gasteiger partial charge in [-0.2, -0.15) is 0 Å². The van der Waals surface area contributed by atoms with Crippen LogP contribution in [0.1, 0.15) is 271 Å². The lowest BCUT2D eigenvalue weighted by atomic mass is 9.98. The number of fused-ring (bicyclic) bond motifs is 4. The number of cyclic esters (lactones) is 2. The smallest absolute Gasteiger partial charge is 0.308 e. The second-order valence-electron chi connectivity index (χ2n) is 33.1. The predicted octanol–water partition coefficient (Wildman–Crippen LogP) is 4.20. The molecular weight excluding hydrogens is 1520 g/mol. The molecule has 0 spiro atoms. The maximum Gasteiger partial charge on any atom is 0.308 e. The highest BCUT2D eigenvalue weighted by atomic mass is 16.8. The summed E-state index contributed by atoms with van der Waals surface area (Å²) in [6, 6.07) is 0. The van der Waals surface area contributed by atoms with Gasteiger partial charge in [0.1, 0.15) is 141 Å². The van der Waals surface area contributed by atoms with Gasteiger partial charge in [0.2, 0.25) is 0 Å². The molecule has 116 heavy (non-hydrogen) atoms. The van der Waals surface area contributed by atoms with E-state index in [4.69, 9.17) is 71.1 Å². The van der Waals surface area contributed by atoms with Crippen molar-refractivity contribution < 1.29 is 162 Å². The SMILES string of the molecule is CO[C@@H]1[C@@H](O[C@H](CCCCCCCCCCCCC[C@H]2CC(=O)OC[C@@H]3O[C@H](O[C@H](CCCCCCCCCCCCCCC[C@@H](CCCCC[C@@H](C)O[C@H]4O[C@@H](CO)[C@H](O)[C@@H](O)[C@@H]4OC)O[C@H]4O[C@@H](CO)[C@H](O)[C@@H](O)[C@@H]4OC)CC(=O)OC[C@@H]4O[C@@H](O2)[C@H](O)[C@@H](O)[C@@H]4O)[C@@H](O)[C@@H](O)[C@@H]3O)CCCCCC(C)=O)O[C@@H](CO)[C@H](O)[C@H]1O. The first-order valence-corrected chi connectivity index (χ1v) is 43.8. The Morgan fingerprint density at radius 3 is 0.940 bits per heavy atom. The van der Waals surface area contributed by atoms with Gasteiger partial charge in [-0.25, -0.2) is 0 Å². The molecule has 0 aliphatic carbocycles. The van der Waals surface area contributed by atoms with Gasteiger partial charge in [0.25, 0.3) is 0 Å². The van der Waals surface area contributed by atoms with Gasteiger partial charge >= 0.3 is 11.9 Å². The lowest BCUT2D eigenvalue weighted by molar-refractivity contribution is -0.316. The van der Waals surface area contributed by atoms with Gasteiger partial charge in [0.05, 0.1) is 63.2 Å². The fraction of sp³-hybridized carbons (Fsp3) is 0.964. The van der Waals surface area contributed by atoms with Crippen molar-refractivity contribution in [2.75, 3.05) is 54.4 Å². The van der Waals surface area contributed by atoms with Crippen molar-refractivity contribution in [2.24, 2.45) is 0 Å². The highest BCUT2D eigenvalue weighted by Gasteiger charge is 2.51. The van der Waals surface area contributed by atoms with Crippen molar-refractivity contribution in [3.63, 3.8) is 0 Å². The summed E-state index contributed by atoms with van der Waals surface area (Å²) >= 11 is 0. The van der Waals surface area contributed by atoms with Gasteiger partial charge in [-0.15, -0.1) is 0 Å². The zero-order valence-corrected chi connectivity index (χ0v) is 69.7. The van der Waals surface area contributed by atoms with Crippen LogP contribution in [0.4, 0.5) is 0 Å². The molecular formula is C83H150O33. The maximum atomic E-state index is 13.6. The van der Waals surface area contributed by atoms with E-state index < -0.39 is 211 Å². The van der Waals surface area contributed by atoms with E-state index in [1.54, 1.807) is 6.92 Å². The molecule has 0 saturated carbocycles. The van der Waals surface area contributed by atoms with Gasteiger partial charge in [0.15, 0.2) is 31.5 Å². The number of aliphatic hydroxyl groups is 15. The number of hydrogen-bond acceptors (Lipinski definition) is 33. The summed E-state index contributed by atoms with van der Waals surface area (Å²) in [4.78, 5) is 38.7. The van der Waals surface area contributed by atoms with E-state index in [0.29, 0.717) is 44.9 Å². The van der Waals surface area contributed by atoms with Crippen LogP contribution >= 0.6 is 0 Å². The van der Waals surface area contributed by atoms with Crippen LogP contribution in [-0.2, 0) is 85.4 Å². The molecule has 4 bridgehead atoms. The average Bonchev–Trinajstić information content (AvgIpc) is 0.833. The first-order chi connectivity index (χ1) is 55.9. The third-order valence-electron chi connectivity index (χ3n) is 23.7. The number of unbranched alkanes of at least 4 members (excludes halogenated alkanes) is 26. The van der Waals surface area contributed by atoms with E-state index in [1.165, 1.54) is 21.3 Å². The highest BCUT2D eigenvalue weighted by Crippen LogP contribution is 2.34. The molecule has 33 heteroatoms. The van der Waals surface area contributed by atoms with E-state index >= 15 is 0 Å². The minimum Gasteiger partial charge on any atom is -0.463 e. The van der Waals surface area contributed by atoms with Crippen LogP contribution in [0.5, 0.6) is 0 Å². The molecule has 6 fully saturated rings. The molecule has 0 radical (unpaired) electrons. The minimum atomic E-state index is -1.77. The normalized spacial score (nSPS) is 35.3. The molecule has 0 aromatic carbocycles. The molecule has 0 unspecified atom stereocenters. The summed E-state index contributed by atoms with van der Waals surface area (Å²) in [5.74, 6) is -1.39. The van der Waals surface area contributed by atoms with Crippen molar-refractivity contribution in [2.45, 2.75) is 455 Å². The van der Waals surface area contributed by atoms with Crippen LogP contribution in [-0.4, -0.2) is 333 Å². The fourth-order valence-electron chi connectivity index (χ4n) is 16.4. The standard InChI is InChI=1S/C83H150O33/c1-51(87)36-28-26-34-40-53(108-82-77(103-4)72(98)65(91)58(47-85)113-82)38-30-22-19-15-12-9-13-17-21-25-33-43-56-45-63(89)106-50-60-67(93)69(95)74(100)79(115-60)110-55(44-62(88)105-49-61-68(94)70(96)75(101)80(111-56)116-61)42-32-24-20-16-11-8-6-7-10-14-18-23-31-39-54(109-83-78(104-5)73(99)66(92)59(48-86)114-83)41-35-27-29-37-52(2)107-81-76(102-3)71(97)64(90)57(46-84)112-81/h52-61,64-86,90-101H,6-50H2,1-5H3/t52-,53-,54+,55-,56+,57+,58+,59+,60+,61+,64+,65+,66+,67-,68-,69+,70+,71-,72-,73-,74+,75-,76+,77+,78+,79+,80-,81+,82+,83+/m1/s1. The number of Topliss-reactive ketones (excluding diaryl/α,β-unsaturated/α-hetero) is 1. The van der Waals surface area contributed by atoms with Crippen molar-refractivity contribution in [1.29, 1.82) is 0 Å². The maximum absolute atomic E-state index is 13.6. The van der Waals surface area contributed by atoms with Crippen LogP contribution in [0, 0.1) is 0 Å².